The Morgan fingerprint density at radius 2 is 1.75 bits per heavy atom. The quantitative estimate of drug-likeness (QED) is 0.561. The van der Waals surface area contributed by atoms with Crippen LogP contribution in [0.5, 0.6) is 0 Å². The van der Waals surface area contributed by atoms with Gasteiger partial charge in [0.05, 0.1) is 5.56 Å². The lowest BCUT2D eigenvalue weighted by Gasteiger charge is -2.26. The number of rotatable bonds is 2. The maximum Gasteiger partial charge on any atom is 0.417 e. The monoisotopic (exact) mass is 288 g/mol. The summed E-state index contributed by atoms with van der Waals surface area (Å²) in [4.78, 5) is 12.3. The summed E-state index contributed by atoms with van der Waals surface area (Å²) in [6, 6.07) is 2.10. The van der Waals surface area contributed by atoms with Crippen molar-refractivity contribution in [3.05, 3.63) is 35.1 Å². The molecule has 110 valence electrons. The fraction of sp³-hybridized carbons (Fsp3) is 0.533. The van der Waals surface area contributed by atoms with Gasteiger partial charge in [-0.3, -0.25) is 4.79 Å². The molecule has 1 nitrogen and oxygen atoms in total. The zero-order valence-electron chi connectivity index (χ0n) is 11.1. The predicted octanol–water partition coefficient (Wildman–Crippen LogP) is 4.85. The SMILES string of the molecule is CC1CCC(C(=O)c2cc(F)ccc2C(F)(F)F)CC1. The maximum absolute atomic E-state index is 13.2. The first-order valence-electron chi connectivity index (χ1n) is 6.70. The molecule has 0 spiro atoms. The van der Waals surface area contributed by atoms with Crippen molar-refractivity contribution in [2.75, 3.05) is 0 Å². The van der Waals surface area contributed by atoms with Crippen molar-refractivity contribution < 1.29 is 22.4 Å². The first kappa shape index (κ1) is 15.0. The van der Waals surface area contributed by atoms with Crippen LogP contribution in [0.1, 0.15) is 48.5 Å². The number of Topliss-reactive ketones (excluding diaryl/α,β-unsaturated/α-hetero) is 1. The number of hydrogen-bond donors (Lipinski definition) is 0. The molecule has 1 aromatic rings. The zero-order valence-corrected chi connectivity index (χ0v) is 11.1. The van der Waals surface area contributed by atoms with Gasteiger partial charge in [-0.15, -0.1) is 0 Å². The zero-order chi connectivity index (χ0) is 14.9. The predicted molar refractivity (Wildman–Crippen MR) is 66.9 cm³/mol. The number of carbonyl (C=O) groups is 1. The summed E-state index contributed by atoms with van der Waals surface area (Å²) in [7, 11) is 0. The fourth-order valence-electron chi connectivity index (χ4n) is 2.71. The highest BCUT2D eigenvalue weighted by Crippen LogP contribution is 2.36. The second-order valence-electron chi connectivity index (χ2n) is 5.51. The molecule has 0 heterocycles. The Balaban J connectivity index is 2.31. The average Bonchev–Trinajstić information content (AvgIpc) is 2.37. The molecule has 1 aromatic carbocycles. The van der Waals surface area contributed by atoms with Gasteiger partial charge in [-0.25, -0.2) is 4.39 Å². The van der Waals surface area contributed by atoms with Gasteiger partial charge in [0.25, 0.3) is 0 Å². The van der Waals surface area contributed by atoms with Crippen LogP contribution < -0.4 is 0 Å². The molecule has 0 aromatic heterocycles. The standard InChI is InChI=1S/C15H16F4O/c1-9-2-4-10(5-3-9)14(20)12-8-11(16)6-7-13(12)15(17,18)19/h6-10H,2-5H2,1H3. The highest BCUT2D eigenvalue weighted by molar-refractivity contribution is 5.99. The van der Waals surface area contributed by atoms with Gasteiger partial charge in [-0.05, 0) is 37.0 Å². The van der Waals surface area contributed by atoms with Gasteiger partial charge in [-0.2, -0.15) is 13.2 Å². The Kier molecular flexibility index (Phi) is 4.16. The molecular weight excluding hydrogens is 272 g/mol. The topological polar surface area (TPSA) is 17.1 Å². The average molecular weight is 288 g/mol. The molecule has 0 bridgehead atoms. The van der Waals surface area contributed by atoms with Crippen LogP contribution in [0.4, 0.5) is 17.6 Å². The second-order valence-corrected chi connectivity index (χ2v) is 5.51. The van der Waals surface area contributed by atoms with Crippen LogP contribution in [0.2, 0.25) is 0 Å². The number of benzene rings is 1. The van der Waals surface area contributed by atoms with Crippen LogP contribution in [0.15, 0.2) is 18.2 Å². The van der Waals surface area contributed by atoms with Gasteiger partial charge in [0.1, 0.15) is 5.82 Å². The summed E-state index contributed by atoms with van der Waals surface area (Å²) in [6.07, 6.45) is -1.83. The fourth-order valence-corrected chi connectivity index (χ4v) is 2.71. The molecule has 0 aliphatic heterocycles. The van der Waals surface area contributed by atoms with E-state index in [1.54, 1.807) is 0 Å². The minimum absolute atomic E-state index is 0.422. The molecule has 0 radical (unpaired) electrons. The lowest BCUT2D eigenvalue weighted by molar-refractivity contribution is -0.138. The van der Waals surface area contributed by atoms with Gasteiger partial charge in [0.2, 0.25) is 0 Å². The highest BCUT2D eigenvalue weighted by Gasteiger charge is 2.37. The number of carbonyl (C=O) groups excluding carboxylic acids is 1. The van der Waals surface area contributed by atoms with E-state index >= 15 is 0 Å². The number of ketones is 1. The Morgan fingerprint density at radius 1 is 1.15 bits per heavy atom. The number of halogens is 4. The van der Waals surface area contributed by atoms with E-state index < -0.39 is 34.8 Å². The van der Waals surface area contributed by atoms with Gasteiger partial charge in [0.15, 0.2) is 5.78 Å². The molecule has 1 fully saturated rings. The Morgan fingerprint density at radius 3 is 2.30 bits per heavy atom. The summed E-state index contributed by atoms with van der Waals surface area (Å²) in [5.41, 5.74) is -1.57. The van der Waals surface area contributed by atoms with Crippen LogP contribution in [0.25, 0.3) is 0 Å². The van der Waals surface area contributed by atoms with E-state index in [2.05, 4.69) is 6.92 Å². The summed E-state index contributed by atoms with van der Waals surface area (Å²) in [6.45, 7) is 2.06. The third-order valence-corrected chi connectivity index (χ3v) is 3.94. The minimum Gasteiger partial charge on any atom is -0.294 e. The first-order valence-corrected chi connectivity index (χ1v) is 6.70. The lowest BCUT2D eigenvalue weighted by atomic mass is 9.78. The largest absolute Gasteiger partial charge is 0.417 e. The van der Waals surface area contributed by atoms with Crippen LogP contribution in [-0.2, 0) is 6.18 Å². The smallest absolute Gasteiger partial charge is 0.294 e. The summed E-state index contributed by atoms with van der Waals surface area (Å²) in [5, 5.41) is 0. The van der Waals surface area contributed by atoms with Crippen LogP contribution >= 0.6 is 0 Å². The van der Waals surface area contributed by atoms with E-state index in [1.807, 2.05) is 0 Å². The third kappa shape index (κ3) is 3.19. The molecule has 0 amide bonds. The van der Waals surface area contributed by atoms with Crippen molar-refractivity contribution in [1.82, 2.24) is 0 Å². The summed E-state index contributed by atoms with van der Waals surface area (Å²) >= 11 is 0. The van der Waals surface area contributed by atoms with Crippen molar-refractivity contribution in [2.24, 2.45) is 11.8 Å². The maximum atomic E-state index is 13.2. The highest BCUT2D eigenvalue weighted by atomic mass is 19.4. The van der Waals surface area contributed by atoms with Gasteiger partial charge in [0, 0.05) is 11.5 Å². The Bertz CT molecular complexity index is 499. The van der Waals surface area contributed by atoms with Crippen LogP contribution in [0.3, 0.4) is 0 Å². The minimum atomic E-state index is -4.64. The van der Waals surface area contributed by atoms with E-state index in [1.165, 1.54) is 0 Å². The number of alkyl halides is 3. The summed E-state index contributed by atoms with van der Waals surface area (Å²) < 4.78 is 51.9. The molecular formula is C15H16F4O. The Hall–Kier alpha value is -1.39. The third-order valence-electron chi connectivity index (χ3n) is 3.94. The van der Waals surface area contributed by atoms with Crippen molar-refractivity contribution >= 4 is 5.78 Å². The molecule has 0 atom stereocenters. The molecule has 0 unspecified atom stereocenters. The van der Waals surface area contributed by atoms with E-state index in [9.17, 15) is 22.4 Å². The summed E-state index contributed by atoms with van der Waals surface area (Å²) in [5.74, 6) is -1.32. The van der Waals surface area contributed by atoms with Gasteiger partial charge in [-0.1, -0.05) is 19.8 Å². The normalized spacial score (nSPS) is 23.6. The molecule has 0 saturated heterocycles. The molecule has 1 aliphatic carbocycles. The second kappa shape index (κ2) is 5.54. The van der Waals surface area contributed by atoms with E-state index in [-0.39, 0.29) is 0 Å². The molecule has 2 rings (SSSR count). The van der Waals surface area contributed by atoms with E-state index in [0.717, 1.165) is 18.9 Å². The van der Waals surface area contributed by atoms with E-state index in [0.29, 0.717) is 30.9 Å². The molecule has 1 saturated carbocycles. The number of hydrogen-bond acceptors (Lipinski definition) is 1. The van der Waals surface area contributed by atoms with Crippen LogP contribution in [0, 0.1) is 17.7 Å². The van der Waals surface area contributed by atoms with Crippen molar-refractivity contribution in [2.45, 2.75) is 38.8 Å². The first-order chi connectivity index (χ1) is 9.29. The lowest BCUT2D eigenvalue weighted by Crippen LogP contribution is -2.24. The van der Waals surface area contributed by atoms with Gasteiger partial charge < -0.3 is 0 Å². The van der Waals surface area contributed by atoms with Crippen molar-refractivity contribution in [3.8, 4) is 0 Å². The molecule has 5 heteroatoms. The van der Waals surface area contributed by atoms with E-state index in [4.69, 9.17) is 0 Å². The van der Waals surface area contributed by atoms with Crippen molar-refractivity contribution in [3.63, 3.8) is 0 Å². The van der Waals surface area contributed by atoms with Crippen molar-refractivity contribution in [1.29, 1.82) is 0 Å². The Labute approximate surface area is 115 Å². The van der Waals surface area contributed by atoms with Gasteiger partial charge >= 0.3 is 6.18 Å². The molecule has 0 N–H and O–H groups in total. The molecule has 20 heavy (non-hydrogen) atoms. The molecule has 1 aliphatic rings. The van der Waals surface area contributed by atoms with Crippen LogP contribution in [-0.4, -0.2) is 5.78 Å².